The maximum Gasteiger partial charge on any atom is 0.254 e. The molecular weight excluding hydrogens is 320 g/mol. The van der Waals surface area contributed by atoms with Crippen LogP contribution in [0.5, 0.6) is 0 Å². The highest BCUT2D eigenvalue weighted by Crippen LogP contribution is 2.35. The molecule has 0 radical (unpaired) electrons. The molecule has 0 saturated heterocycles. The second-order valence-electron chi connectivity index (χ2n) is 6.22. The molecule has 0 bridgehead atoms. The molecule has 1 aliphatic rings. The van der Waals surface area contributed by atoms with E-state index in [9.17, 15) is 9.59 Å². The zero-order valence-electron chi connectivity index (χ0n) is 13.5. The van der Waals surface area contributed by atoms with E-state index >= 15 is 0 Å². The highest BCUT2D eigenvalue weighted by Gasteiger charge is 2.22. The predicted octanol–water partition coefficient (Wildman–Crippen LogP) is 2.79. The Morgan fingerprint density at radius 1 is 1.28 bits per heavy atom. The zero-order valence-corrected chi connectivity index (χ0v) is 13.5. The number of nitrogens with zero attached hydrogens (tertiary/aromatic N) is 1. The van der Waals surface area contributed by atoms with Gasteiger partial charge in [-0.3, -0.25) is 9.59 Å². The van der Waals surface area contributed by atoms with Crippen molar-refractivity contribution in [2.24, 2.45) is 0 Å². The summed E-state index contributed by atoms with van der Waals surface area (Å²) in [6.07, 6.45) is 6.36. The van der Waals surface area contributed by atoms with Crippen molar-refractivity contribution in [2.75, 3.05) is 11.9 Å². The first-order valence-electron chi connectivity index (χ1n) is 8.29. The van der Waals surface area contributed by atoms with Crippen molar-refractivity contribution >= 4 is 28.5 Å². The number of benzene rings is 1. The molecule has 0 spiro atoms. The summed E-state index contributed by atoms with van der Waals surface area (Å²) < 4.78 is 4.84. The quantitative estimate of drug-likeness (QED) is 0.666. The number of aromatic nitrogens is 2. The van der Waals surface area contributed by atoms with E-state index < -0.39 is 0 Å². The number of fused-ring (bicyclic) bond motifs is 1. The van der Waals surface area contributed by atoms with E-state index in [0.717, 1.165) is 16.9 Å². The Bertz CT molecular complexity index is 910. The van der Waals surface area contributed by atoms with Crippen molar-refractivity contribution in [3.05, 3.63) is 48.2 Å². The number of H-pyrrole nitrogens is 1. The standard InChI is InChI=1S/C18H18N4O3/c23-16(9-19-18(24)12-6-7-25-10-12)20-13-4-5-14-15(8-13)22-17(21-14)11-2-1-3-11/h4-8,10-11H,1-3,9H2,(H,19,24)(H,20,23)(H,21,22). The number of nitrogens with one attached hydrogen (secondary N) is 3. The molecule has 7 heteroatoms. The molecule has 2 aromatic heterocycles. The van der Waals surface area contributed by atoms with Gasteiger partial charge in [0, 0.05) is 11.6 Å². The summed E-state index contributed by atoms with van der Waals surface area (Å²) in [6, 6.07) is 7.09. The minimum Gasteiger partial charge on any atom is -0.472 e. The van der Waals surface area contributed by atoms with E-state index in [1.54, 1.807) is 6.07 Å². The lowest BCUT2D eigenvalue weighted by atomic mass is 9.85. The summed E-state index contributed by atoms with van der Waals surface area (Å²) in [4.78, 5) is 31.7. The van der Waals surface area contributed by atoms with Crippen LogP contribution in [0.2, 0.25) is 0 Å². The summed E-state index contributed by atoms with van der Waals surface area (Å²) in [5.74, 6) is 0.911. The van der Waals surface area contributed by atoms with Crippen LogP contribution in [0, 0.1) is 0 Å². The Morgan fingerprint density at radius 3 is 2.88 bits per heavy atom. The normalized spacial score (nSPS) is 14.2. The molecule has 3 aromatic rings. The molecule has 128 valence electrons. The van der Waals surface area contributed by atoms with Gasteiger partial charge < -0.3 is 20.0 Å². The maximum atomic E-state index is 12.0. The van der Waals surface area contributed by atoms with Gasteiger partial charge in [0.05, 0.1) is 29.4 Å². The molecular formula is C18H18N4O3. The van der Waals surface area contributed by atoms with Crippen LogP contribution in [-0.2, 0) is 4.79 Å². The summed E-state index contributed by atoms with van der Waals surface area (Å²) in [5.41, 5.74) is 2.85. The van der Waals surface area contributed by atoms with Crippen LogP contribution in [0.3, 0.4) is 0 Å². The SMILES string of the molecule is O=C(CNC(=O)c1ccoc1)Nc1ccc2nc(C3CCC3)[nH]c2c1. The molecule has 1 aromatic carbocycles. The van der Waals surface area contributed by atoms with Gasteiger partial charge in [0.25, 0.3) is 5.91 Å². The van der Waals surface area contributed by atoms with E-state index in [1.807, 2.05) is 18.2 Å². The van der Waals surface area contributed by atoms with Gasteiger partial charge in [-0.1, -0.05) is 6.42 Å². The van der Waals surface area contributed by atoms with Crippen molar-refractivity contribution in [2.45, 2.75) is 25.2 Å². The topological polar surface area (TPSA) is 100 Å². The Labute approximate surface area is 143 Å². The molecule has 1 fully saturated rings. The molecule has 4 rings (SSSR count). The van der Waals surface area contributed by atoms with Gasteiger partial charge in [-0.05, 0) is 37.1 Å². The van der Waals surface area contributed by atoms with Crippen molar-refractivity contribution < 1.29 is 14.0 Å². The Kier molecular flexibility index (Phi) is 3.97. The first-order valence-corrected chi connectivity index (χ1v) is 8.29. The van der Waals surface area contributed by atoms with Gasteiger partial charge in [0.2, 0.25) is 5.91 Å². The zero-order chi connectivity index (χ0) is 17.2. The monoisotopic (exact) mass is 338 g/mol. The Hall–Kier alpha value is -3.09. The molecule has 2 heterocycles. The predicted molar refractivity (Wildman–Crippen MR) is 92.4 cm³/mol. The molecule has 3 N–H and O–H groups in total. The van der Waals surface area contributed by atoms with E-state index in [0.29, 0.717) is 17.2 Å². The van der Waals surface area contributed by atoms with E-state index in [1.165, 1.54) is 31.8 Å². The number of carbonyl (C=O) groups excluding carboxylic acids is 2. The van der Waals surface area contributed by atoms with Crippen LogP contribution < -0.4 is 10.6 Å². The highest BCUT2D eigenvalue weighted by atomic mass is 16.3. The first-order chi connectivity index (χ1) is 12.2. The molecule has 1 aliphatic carbocycles. The minimum atomic E-state index is -0.349. The average Bonchev–Trinajstić information content (AvgIpc) is 3.19. The van der Waals surface area contributed by atoms with Gasteiger partial charge in [-0.2, -0.15) is 0 Å². The number of hydrogen-bond acceptors (Lipinski definition) is 4. The van der Waals surface area contributed by atoms with Crippen LogP contribution in [0.15, 0.2) is 41.2 Å². The molecule has 2 amide bonds. The fourth-order valence-corrected chi connectivity index (χ4v) is 2.84. The van der Waals surface area contributed by atoms with E-state index in [4.69, 9.17) is 4.42 Å². The fourth-order valence-electron chi connectivity index (χ4n) is 2.84. The van der Waals surface area contributed by atoms with E-state index in [-0.39, 0.29) is 18.4 Å². The van der Waals surface area contributed by atoms with Crippen molar-refractivity contribution in [1.82, 2.24) is 15.3 Å². The second kappa shape index (κ2) is 6.43. The molecule has 1 saturated carbocycles. The third-order valence-corrected chi connectivity index (χ3v) is 4.47. The van der Waals surface area contributed by atoms with Crippen molar-refractivity contribution in [1.29, 1.82) is 0 Å². The van der Waals surface area contributed by atoms with Crippen molar-refractivity contribution in [3.8, 4) is 0 Å². The lowest BCUT2D eigenvalue weighted by molar-refractivity contribution is -0.115. The molecule has 0 unspecified atom stereocenters. The van der Waals surface area contributed by atoms with Gasteiger partial charge in [0.1, 0.15) is 12.1 Å². The Balaban J connectivity index is 1.38. The first kappa shape index (κ1) is 15.4. The smallest absolute Gasteiger partial charge is 0.254 e. The summed E-state index contributed by atoms with van der Waals surface area (Å²) in [7, 11) is 0. The largest absolute Gasteiger partial charge is 0.472 e. The number of imidazole rings is 1. The summed E-state index contributed by atoms with van der Waals surface area (Å²) in [5, 5.41) is 5.32. The third kappa shape index (κ3) is 3.26. The molecule has 25 heavy (non-hydrogen) atoms. The summed E-state index contributed by atoms with van der Waals surface area (Å²) in [6.45, 7) is -0.113. The van der Waals surface area contributed by atoms with Crippen LogP contribution in [0.1, 0.15) is 41.4 Å². The van der Waals surface area contributed by atoms with Gasteiger partial charge in [-0.15, -0.1) is 0 Å². The van der Waals surface area contributed by atoms with E-state index in [2.05, 4.69) is 20.6 Å². The minimum absolute atomic E-state index is 0.113. The van der Waals surface area contributed by atoms with Crippen LogP contribution in [0.25, 0.3) is 11.0 Å². The van der Waals surface area contributed by atoms with Gasteiger partial charge in [-0.25, -0.2) is 4.98 Å². The highest BCUT2D eigenvalue weighted by molar-refractivity contribution is 5.99. The number of amides is 2. The lowest BCUT2D eigenvalue weighted by Gasteiger charge is -2.22. The summed E-state index contributed by atoms with van der Waals surface area (Å²) >= 11 is 0. The number of hydrogen-bond donors (Lipinski definition) is 3. The number of anilines is 1. The third-order valence-electron chi connectivity index (χ3n) is 4.47. The van der Waals surface area contributed by atoms with Gasteiger partial charge >= 0.3 is 0 Å². The fraction of sp³-hybridized carbons (Fsp3) is 0.278. The van der Waals surface area contributed by atoms with Gasteiger partial charge in [0.15, 0.2) is 0 Å². The van der Waals surface area contributed by atoms with Crippen LogP contribution in [0.4, 0.5) is 5.69 Å². The van der Waals surface area contributed by atoms with Crippen LogP contribution >= 0.6 is 0 Å². The number of aromatic amines is 1. The number of carbonyl (C=O) groups is 2. The lowest BCUT2D eigenvalue weighted by Crippen LogP contribution is -2.32. The van der Waals surface area contributed by atoms with Crippen LogP contribution in [-0.4, -0.2) is 28.3 Å². The number of furan rings is 1. The average molecular weight is 338 g/mol. The Morgan fingerprint density at radius 2 is 2.16 bits per heavy atom. The molecule has 7 nitrogen and oxygen atoms in total. The maximum absolute atomic E-state index is 12.0. The molecule has 0 atom stereocenters. The second-order valence-corrected chi connectivity index (χ2v) is 6.22. The van der Waals surface area contributed by atoms with Crippen molar-refractivity contribution in [3.63, 3.8) is 0 Å². The molecule has 0 aliphatic heterocycles. The number of rotatable bonds is 5.